The third kappa shape index (κ3) is 4.47. The molecule has 1 rings (SSSR count). The third-order valence-electron chi connectivity index (χ3n) is 2.66. The Kier molecular flexibility index (Phi) is 6.87. The highest BCUT2D eigenvalue weighted by Crippen LogP contribution is 2.32. The third-order valence-corrected chi connectivity index (χ3v) is 2.95. The van der Waals surface area contributed by atoms with Crippen LogP contribution in [0.4, 0.5) is 0 Å². The molecule has 0 saturated carbocycles. The van der Waals surface area contributed by atoms with Crippen LogP contribution in [0.2, 0.25) is 0 Å². The summed E-state index contributed by atoms with van der Waals surface area (Å²) in [7, 11) is 1.65. The van der Waals surface area contributed by atoms with Gasteiger partial charge in [-0.1, -0.05) is 38.3 Å². The van der Waals surface area contributed by atoms with Crippen LogP contribution in [0.3, 0.4) is 0 Å². The predicted molar refractivity (Wildman–Crippen MR) is 72.2 cm³/mol. The fourth-order valence-corrected chi connectivity index (χ4v) is 1.93. The summed E-state index contributed by atoms with van der Waals surface area (Å²) in [6, 6.07) is 5.83. The number of benzene rings is 1. The second kappa shape index (κ2) is 8.24. The molecule has 0 aliphatic heterocycles. The smallest absolute Gasteiger partial charge is 0.165 e. The van der Waals surface area contributed by atoms with Crippen molar-refractivity contribution >= 4 is 11.6 Å². The zero-order chi connectivity index (χ0) is 12.5. The van der Waals surface area contributed by atoms with Gasteiger partial charge in [0.25, 0.3) is 0 Å². The van der Waals surface area contributed by atoms with Crippen molar-refractivity contribution in [1.29, 1.82) is 0 Å². The summed E-state index contributed by atoms with van der Waals surface area (Å²) in [5.41, 5.74) is 0.972. The van der Waals surface area contributed by atoms with E-state index in [9.17, 15) is 0 Å². The van der Waals surface area contributed by atoms with E-state index in [4.69, 9.17) is 21.1 Å². The Morgan fingerprint density at radius 2 is 2.00 bits per heavy atom. The lowest BCUT2D eigenvalue weighted by atomic mass is 10.2. The van der Waals surface area contributed by atoms with Gasteiger partial charge in [0.15, 0.2) is 11.5 Å². The van der Waals surface area contributed by atoms with E-state index in [1.54, 1.807) is 7.11 Å². The highest BCUT2D eigenvalue weighted by molar-refractivity contribution is 6.17. The van der Waals surface area contributed by atoms with Gasteiger partial charge in [0.2, 0.25) is 0 Å². The van der Waals surface area contributed by atoms with E-state index in [1.807, 2.05) is 18.2 Å². The zero-order valence-electron chi connectivity index (χ0n) is 10.7. The van der Waals surface area contributed by atoms with Crippen LogP contribution in [-0.2, 0) is 5.88 Å². The van der Waals surface area contributed by atoms with Crippen molar-refractivity contribution in [3.05, 3.63) is 23.8 Å². The van der Waals surface area contributed by atoms with E-state index in [0.717, 1.165) is 30.1 Å². The Balaban J connectivity index is 2.52. The van der Waals surface area contributed by atoms with Gasteiger partial charge in [-0.05, 0) is 12.5 Å². The summed E-state index contributed by atoms with van der Waals surface area (Å²) >= 11 is 5.85. The number of hydrogen-bond acceptors (Lipinski definition) is 2. The van der Waals surface area contributed by atoms with Crippen LogP contribution in [0.25, 0.3) is 0 Å². The quantitative estimate of drug-likeness (QED) is 0.507. The number of ether oxygens (including phenoxy) is 2. The van der Waals surface area contributed by atoms with E-state index in [0.29, 0.717) is 5.88 Å². The van der Waals surface area contributed by atoms with E-state index in [-0.39, 0.29) is 0 Å². The summed E-state index contributed by atoms with van der Waals surface area (Å²) in [6.45, 7) is 2.94. The number of halogens is 1. The molecule has 0 unspecified atom stereocenters. The van der Waals surface area contributed by atoms with Crippen LogP contribution in [0.1, 0.15) is 38.2 Å². The van der Waals surface area contributed by atoms with Crippen molar-refractivity contribution in [3.8, 4) is 11.5 Å². The first kappa shape index (κ1) is 14.2. The van der Waals surface area contributed by atoms with E-state index in [1.165, 1.54) is 19.3 Å². The van der Waals surface area contributed by atoms with Crippen molar-refractivity contribution in [1.82, 2.24) is 0 Å². The molecule has 3 heteroatoms. The molecule has 0 atom stereocenters. The molecular weight excluding hydrogens is 236 g/mol. The molecule has 0 fully saturated rings. The number of rotatable bonds is 8. The summed E-state index contributed by atoms with van der Waals surface area (Å²) < 4.78 is 11.1. The number of unbranched alkanes of at least 4 members (excludes halogenated alkanes) is 3. The second-order valence-corrected chi connectivity index (χ2v) is 4.26. The van der Waals surface area contributed by atoms with E-state index < -0.39 is 0 Å². The Hall–Kier alpha value is -0.890. The molecule has 1 aromatic carbocycles. The molecule has 0 aliphatic rings. The molecule has 0 aromatic heterocycles. The average molecular weight is 257 g/mol. The van der Waals surface area contributed by atoms with Crippen molar-refractivity contribution in [2.45, 2.75) is 38.5 Å². The SMILES string of the molecule is CCCCCCOc1cccc(CCl)c1OC. The molecule has 0 radical (unpaired) electrons. The maximum absolute atomic E-state index is 5.85. The molecule has 17 heavy (non-hydrogen) atoms. The van der Waals surface area contributed by atoms with Gasteiger partial charge in [0, 0.05) is 5.56 Å². The van der Waals surface area contributed by atoms with Crippen LogP contribution < -0.4 is 9.47 Å². The van der Waals surface area contributed by atoms with Crippen LogP contribution in [0.5, 0.6) is 11.5 Å². The van der Waals surface area contributed by atoms with Gasteiger partial charge in [-0.15, -0.1) is 11.6 Å². The Labute approximate surface area is 109 Å². The van der Waals surface area contributed by atoms with Crippen LogP contribution in [-0.4, -0.2) is 13.7 Å². The minimum absolute atomic E-state index is 0.441. The zero-order valence-corrected chi connectivity index (χ0v) is 11.4. The normalized spacial score (nSPS) is 10.3. The molecule has 96 valence electrons. The monoisotopic (exact) mass is 256 g/mol. The molecule has 1 aromatic rings. The fraction of sp³-hybridized carbons (Fsp3) is 0.571. The van der Waals surface area contributed by atoms with Gasteiger partial charge in [0.1, 0.15) is 0 Å². The first-order valence-electron chi connectivity index (χ1n) is 6.18. The lowest BCUT2D eigenvalue weighted by Crippen LogP contribution is -2.00. The molecule has 0 heterocycles. The van der Waals surface area contributed by atoms with Crippen molar-refractivity contribution < 1.29 is 9.47 Å². The minimum Gasteiger partial charge on any atom is -0.493 e. The summed E-state index contributed by atoms with van der Waals surface area (Å²) in [5.74, 6) is 2.00. The lowest BCUT2D eigenvalue weighted by Gasteiger charge is -2.13. The largest absolute Gasteiger partial charge is 0.493 e. The molecule has 0 N–H and O–H groups in total. The topological polar surface area (TPSA) is 18.5 Å². The van der Waals surface area contributed by atoms with Gasteiger partial charge >= 0.3 is 0 Å². The summed E-state index contributed by atoms with van der Waals surface area (Å²) in [6.07, 6.45) is 4.81. The highest BCUT2D eigenvalue weighted by Gasteiger charge is 2.08. The first-order valence-corrected chi connectivity index (χ1v) is 6.71. The number of methoxy groups -OCH3 is 1. The molecule has 0 aliphatic carbocycles. The van der Waals surface area contributed by atoms with Gasteiger partial charge in [0.05, 0.1) is 19.6 Å². The maximum Gasteiger partial charge on any atom is 0.165 e. The van der Waals surface area contributed by atoms with Crippen LogP contribution >= 0.6 is 11.6 Å². The van der Waals surface area contributed by atoms with E-state index in [2.05, 4.69) is 6.92 Å². The molecule has 0 spiro atoms. The van der Waals surface area contributed by atoms with E-state index >= 15 is 0 Å². The maximum atomic E-state index is 5.85. The molecular formula is C14H21ClO2. The molecule has 0 bridgehead atoms. The average Bonchev–Trinajstić information content (AvgIpc) is 2.38. The molecule has 0 amide bonds. The Bertz CT molecular complexity index is 326. The summed E-state index contributed by atoms with van der Waals surface area (Å²) in [5, 5.41) is 0. The van der Waals surface area contributed by atoms with Gasteiger partial charge in [-0.2, -0.15) is 0 Å². The Morgan fingerprint density at radius 3 is 2.65 bits per heavy atom. The van der Waals surface area contributed by atoms with Gasteiger partial charge < -0.3 is 9.47 Å². The standard InChI is InChI=1S/C14H21ClO2/c1-3-4-5-6-10-17-13-9-7-8-12(11-15)14(13)16-2/h7-9H,3-6,10-11H2,1-2H3. The van der Waals surface area contributed by atoms with Crippen LogP contribution in [0, 0.1) is 0 Å². The second-order valence-electron chi connectivity index (χ2n) is 3.99. The molecule has 2 nitrogen and oxygen atoms in total. The minimum atomic E-state index is 0.441. The molecule has 0 saturated heterocycles. The predicted octanol–water partition coefficient (Wildman–Crippen LogP) is 4.39. The highest BCUT2D eigenvalue weighted by atomic mass is 35.5. The van der Waals surface area contributed by atoms with Gasteiger partial charge in [-0.25, -0.2) is 0 Å². The fourth-order valence-electron chi connectivity index (χ4n) is 1.72. The van der Waals surface area contributed by atoms with Crippen LogP contribution in [0.15, 0.2) is 18.2 Å². The number of hydrogen-bond donors (Lipinski definition) is 0. The van der Waals surface area contributed by atoms with Crippen molar-refractivity contribution in [2.75, 3.05) is 13.7 Å². The Morgan fingerprint density at radius 1 is 1.18 bits per heavy atom. The van der Waals surface area contributed by atoms with Crippen molar-refractivity contribution in [3.63, 3.8) is 0 Å². The van der Waals surface area contributed by atoms with Crippen molar-refractivity contribution in [2.24, 2.45) is 0 Å². The first-order chi connectivity index (χ1) is 8.33. The lowest BCUT2D eigenvalue weighted by molar-refractivity contribution is 0.284. The summed E-state index contributed by atoms with van der Waals surface area (Å²) in [4.78, 5) is 0. The number of alkyl halides is 1. The van der Waals surface area contributed by atoms with Gasteiger partial charge in [-0.3, -0.25) is 0 Å². The number of para-hydroxylation sites is 1.